The molecule has 0 spiro atoms. The number of hydrogen-bond donors (Lipinski definition) is 0. The van der Waals surface area contributed by atoms with Crippen molar-refractivity contribution in [2.75, 3.05) is 0 Å². The van der Waals surface area contributed by atoms with Gasteiger partial charge < -0.3 is 8.98 Å². The summed E-state index contributed by atoms with van der Waals surface area (Å²) in [6.07, 6.45) is 1.74. The van der Waals surface area contributed by atoms with Crippen molar-refractivity contribution in [3.63, 3.8) is 0 Å². The molecule has 11 aromatic rings. The van der Waals surface area contributed by atoms with Crippen molar-refractivity contribution in [3.05, 3.63) is 175 Å². The molecule has 10 heteroatoms. The van der Waals surface area contributed by atoms with Crippen LogP contribution < -0.4 is 4.40 Å². The summed E-state index contributed by atoms with van der Waals surface area (Å²) in [7, 11) is 0. The molecule has 0 N–H and O–H groups in total. The molecule has 11 rings (SSSR count). The van der Waals surface area contributed by atoms with E-state index in [1.54, 1.807) is 18.3 Å². The minimum Gasteiger partial charge on any atom is 0 e. The van der Waals surface area contributed by atoms with Gasteiger partial charge in [0.05, 0.1) is 22.4 Å². The number of furan rings is 2. The SMILES string of the molecule is Fc1cc(-c2ccccc2)cc(F)c1-n1c(-c2[c-]cc3oc4ccccc4c3c2)nc2ccccc21.[2H]C([2H])([2H])c1cc(-c2[c-]ccc3c2oc2nc(C)ccc23)nc[c]1[Ge]([CH3])([CH3])[CH3].[Ir]. The predicted molar refractivity (Wildman–Crippen MR) is 244 cm³/mol. The second kappa shape index (κ2) is 16.2. The molecule has 62 heavy (non-hydrogen) atoms. The molecule has 5 heterocycles. The van der Waals surface area contributed by atoms with Gasteiger partial charge in [-0.25, -0.2) is 8.78 Å². The van der Waals surface area contributed by atoms with E-state index in [9.17, 15) is 0 Å². The van der Waals surface area contributed by atoms with Crippen LogP contribution in [-0.4, -0.2) is 32.8 Å². The molecule has 0 atom stereocenters. The molecule has 0 aliphatic rings. The maximum atomic E-state index is 15.7. The minimum absolute atomic E-state index is 0. The van der Waals surface area contributed by atoms with E-state index in [0.717, 1.165) is 42.8 Å². The Morgan fingerprint density at radius 1 is 0.710 bits per heavy atom. The van der Waals surface area contributed by atoms with Crippen molar-refractivity contribution in [2.24, 2.45) is 0 Å². The number of para-hydroxylation sites is 3. The summed E-state index contributed by atoms with van der Waals surface area (Å²) in [5, 5.41) is 3.69. The van der Waals surface area contributed by atoms with Crippen LogP contribution in [0.2, 0.25) is 17.3 Å². The van der Waals surface area contributed by atoms with Crippen molar-refractivity contribution < 1.29 is 41.8 Å². The van der Waals surface area contributed by atoms with Crippen LogP contribution >= 0.6 is 0 Å². The largest absolute Gasteiger partial charge is 0 e. The van der Waals surface area contributed by atoms with E-state index in [-0.39, 0.29) is 25.8 Å². The first-order chi connectivity index (χ1) is 30.7. The molecule has 5 aromatic heterocycles. The number of halogens is 2. The van der Waals surface area contributed by atoms with Crippen LogP contribution in [0.5, 0.6) is 0 Å². The van der Waals surface area contributed by atoms with Gasteiger partial charge in [-0.1, -0.05) is 66.0 Å². The number of hydrogen-bond acceptors (Lipinski definition) is 5. The van der Waals surface area contributed by atoms with Crippen LogP contribution in [0, 0.1) is 37.5 Å². The minimum atomic E-state index is -2.40. The number of aryl methyl sites for hydroxylation is 2. The maximum Gasteiger partial charge on any atom is 0 e. The normalized spacial score (nSPS) is 12.6. The number of pyridine rings is 2. The summed E-state index contributed by atoms with van der Waals surface area (Å²) in [5.74, 6) is 5.57. The van der Waals surface area contributed by atoms with E-state index >= 15 is 8.78 Å². The average molecular weight is 1060 g/mol. The Morgan fingerprint density at radius 2 is 1.47 bits per heavy atom. The Labute approximate surface area is 377 Å². The van der Waals surface area contributed by atoms with Gasteiger partial charge in [0.25, 0.3) is 0 Å². The molecule has 0 amide bonds. The molecular formula is C52H38F2GeIrN4O2-2. The van der Waals surface area contributed by atoms with Crippen LogP contribution in [-0.2, 0) is 20.1 Å². The van der Waals surface area contributed by atoms with E-state index in [2.05, 4.69) is 39.4 Å². The third kappa shape index (κ3) is 7.34. The molecule has 0 aliphatic carbocycles. The average Bonchev–Trinajstić information content (AvgIpc) is 3.97. The Morgan fingerprint density at radius 3 is 2.26 bits per heavy atom. The van der Waals surface area contributed by atoms with Gasteiger partial charge in [0.1, 0.15) is 22.9 Å². The molecule has 0 bridgehead atoms. The topological polar surface area (TPSA) is 69.9 Å². The predicted octanol–water partition coefficient (Wildman–Crippen LogP) is 13.3. The van der Waals surface area contributed by atoms with Crippen LogP contribution in [0.1, 0.15) is 15.4 Å². The fourth-order valence-corrected chi connectivity index (χ4v) is 10.7. The van der Waals surface area contributed by atoms with Crippen LogP contribution in [0.25, 0.3) is 94.5 Å². The summed E-state index contributed by atoms with van der Waals surface area (Å²) in [4.78, 5) is 13.8. The summed E-state index contributed by atoms with van der Waals surface area (Å²) in [6, 6.07) is 46.4. The summed E-state index contributed by atoms with van der Waals surface area (Å²) < 4.78 is 69.8. The molecule has 6 nitrogen and oxygen atoms in total. The first-order valence-corrected chi connectivity index (χ1v) is 27.1. The second-order valence-corrected chi connectivity index (χ2v) is 26.6. The van der Waals surface area contributed by atoms with Crippen LogP contribution in [0.3, 0.4) is 0 Å². The monoisotopic (exact) mass is 1060 g/mol. The first-order valence-electron chi connectivity index (χ1n) is 21.3. The summed E-state index contributed by atoms with van der Waals surface area (Å²) >= 11 is -2.40. The zero-order chi connectivity index (χ0) is 44.5. The fourth-order valence-electron chi connectivity index (χ4n) is 7.90. The summed E-state index contributed by atoms with van der Waals surface area (Å²) in [5.41, 5.74) is 8.00. The van der Waals surface area contributed by atoms with E-state index in [1.165, 1.54) is 16.7 Å². The smallest absolute Gasteiger partial charge is 0 e. The molecule has 6 aromatic carbocycles. The first kappa shape index (κ1) is 37.5. The zero-order valence-electron chi connectivity index (χ0n) is 37.0. The quantitative estimate of drug-likeness (QED) is 0.127. The van der Waals surface area contributed by atoms with Gasteiger partial charge in [-0.15, -0.1) is 23.8 Å². The van der Waals surface area contributed by atoms with Crippen LogP contribution in [0.4, 0.5) is 8.78 Å². The molecular weight excluding hydrogens is 1020 g/mol. The molecule has 0 unspecified atom stereocenters. The van der Waals surface area contributed by atoms with Crippen molar-refractivity contribution in [3.8, 4) is 39.5 Å². The molecule has 0 saturated carbocycles. The van der Waals surface area contributed by atoms with Gasteiger partial charge in [0, 0.05) is 25.5 Å². The molecule has 307 valence electrons. The molecule has 1 radical (unpaired) electrons. The van der Waals surface area contributed by atoms with Gasteiger partial charge in [0.15, 0.2) is 0 Å². The van der Waals surface area contributed by atoms with E-state index in [4.69, 9.17) is 17.9 Å². The van der Waals surface area contributed by atoms with Crippen molar-refractivity contribution in [2.45, 2.75) is 31.0 Å². The number of rotatable bonds is 5. The summed E-state index contributed by atoms with van der Waals surface area (Å²) in [6.45, 7) is -0.272. The Balaban J connectivity index is 0.000000167. The number of benzene rings is 6. The fraction of sp³-hybridized carbons (Fsp3) is 0.0962. The van der Waals surface area contributed by atoms with E-state index in [0.29, 0.717) is 61.7 Å². The zero-order valence-corrected chi connectivity index (χ0v) is 38.5. The Kier molecular flexibility index (Phi) is 9.81. The molecule has 0 aliphatic heterocycles. The number of nitrogens with zero attached hydrogens (tertiary/aromatic N) is 4. The van der Waals surface area contributed by atoms with Gasteiger partial charge in [0.2, 0.25) is 0 Å². The van der Waals surface area contributed by atoms with E-state index in [1.807, 2.05) is 116 Å². The number of imidazole rings is 1. The Bertz CT molecular complexity index is 3580. The molecule has 0 saturated heterocycles. The van der Waals surface area contributed by atoms with Gasteiger partial charge in [-0.2, -0.15) is 0 Å². The number of aromatic nitrogens is 4. The van der Waals surface area contributed by atoms with Gasteiger partial charge in [-0.05, 0) is 41.5 Å². The second-order valence-electron chi connectivity index (χ2n) is 16.0. The van der Waals surface area contributed by atoms with Crippen molar-refractivity contribution in [1.82, 2.24) is 19.5 Å². The third-order valence-corrected chi connectivity index (χ3v) is 15.1. The maximum absolute atomic E-state index is 15.7. The van der Waals surface area contributed by atoms with Crippen molar-refractivity contribution in [1.29, 1.82) is 0 Å². The van der Waals surface area contributed by atoms with Crippen LogP contribution in [0.15, 0.2) is 148 Å². The van der Waals surface area contributed by atoms with Gasteiger partial charge in [-0.3, -0.25) is 4.98 Å². The third-order valence-electron chi connectivity index (χ3n) is 10.9. The number of fused-ring (bicyclic) bond motifs is 7. The van der Waals surface area contributed by atoms with E-state index < -0.39 is 31.8 Å². The molecule has 0 fully saturated rings. The van der Waals surface area contributed by atoms with Crippen molar-refractivity contribution >= 4 is 72.7 Å². The van der Waals surface area contributed by atoms with Gasteiger partial charge >= 0.3 is 154 Å². The standard InChI is InChI=1S/C31H17F2N2O.C21H21GeN2O.Ir/c32-24-17-21(19-8-2-1-3-9-19)18-25(33)30(24)35-27-12-6-5-11-26(27)34-31(35)20-14-15-29-23(16-20)22-10-4-7-13-28(22)36-29;1-13-11-19(23-12-18(13)22(3,4)5)17-8-6-7-15-16-10-9-14(2)24-21(16)25-20(15)17;/h1-13,15-18H;6-7,9-12H,1-5H3;/q2*-1;/i;1D3;. The Hall–Kier alpha value is -6.26.